The lowest BCUT2D eigenvalue weighted by Gasteiger charge is -2.07. The van der Waals surface area contributed by atoms with Gasteiger partial charge in [0.25, 0.3) is 0 Å². The molecular formula is C16H16ClNO4S. The summed E-state index contributed by atoms with van der Waals surface area (Å²) in [5.41, 5.74) is 1.10. The number of halogens is 1. The number of amides is 1. The number of ether oxygens (including phenoxy) is 1. The highest BCUT2D eigenvalue weighted by Gasteiger charge is 2.17. The topological polar surface area (TPSA) is 72.5 Å². The van der Waals surface area contributed by atoms with Crippen molar-refractivity contribution >= 4 is 33.0 Å². The molecule has 0 saturated heterocycles. The zero-order valence-corrected chi connectivity index (χ0v) is 14.0. The smallest absolute Gasteiger partial charge is 0.239 e. The maximum absolute atomic E-state index is 12.1. The minimum Gasteiger partial charge on any atom is -0.497 e. The van der Waals surface area contributed by atoms with Crippen LogP contribution in [0.3, 0.4) is 0 Å². The van der Waals surface area contributed by atoms with E-state index in [-0.39, 0.29) is 5.75 Å². The molecule has 0 heterocycles. The molecule has 0 atom stereocenters. The average molecular weight is 354 g/mol. The van der Waals surface area contributed by atoms with Crippen molar-refractivity contribution < 1.29 is 17.9 Å². The standard InChI is InChI=1S/C16H16ClNO4S/c1-22-15-8-6-14(7-9-15)18-16(19)11-23(20,21)10-12-2-4-13(17)5-3-12/h2-9H,10-11H2,1H3,(H,18,19). The molecule has 5 nitrogen and oxygen atoms in total. The van der Waals surface area contributed by atoms with Gasteiger partial charge >= 0.3 is 0 Å². The first kappa shape index (κ1) is 17.3. The number of nitrogens with one attached hydrogen (secondary N) is 1. The van der Waals surface area contributed by atoms with E-state index in [4.69, 9.17) is 16.3 Å². The van der Waals surface area contributed by atoms with Gasteiger partial charge in [-0.05, 0) is 42.0 Å². The number of benzene rings is 2. The monoisotopic (exact) mass is 353 g/mol. The third-order valence-electron chi connectivity index (χ3n) is 3.02. The molecule has 0 saturated carbocycles. The molecule has 0 aliphatic heterocycles. The Balaban J connectivity index is 1.96. The lowest BCUT2D eigenvalue weighted by molar-refractivity contribution is -0.113. The molecule has 0 aliphatic carbocycles. The van der Waals surface area contributed by atoms with Gasteiger partial charge in [-0.15, -0.1) is 0 Å². The van der Waals surface area contributed by atoms with E-state index >= 15 is 0 Å². The zero-order chi connectivity index (χ0) is 16.9. The second kappa shape index (κ2) is 7.48. The summed E-state index contributed by atoms with van der Waals surface area (Å²) in [5.74, 6) is -0.718. The molecular weight excluding hydrogens is 338 g/mol. The number of anilines is 1. The van der Waals surface area contributed by atoms with Crippen LogP contribution in [0.2, 0.25) is 5.02 Å². The molecule has 0 radical (unpaired) electrons. The molecule has 122 valence electrons. The van der Waals surface area contributed by atoms with Crippen LogP contribution in [0.1, 0.15) is 5.56 Å². The van der Waals surface area contributed by atoms with Gasteiger partial charge in [-0.25, -0.2) is 8.42 Å². The van der Waals surface area contributed by atoms with Crippen molar-refractivity contribution in [2.24, 2.45) is 0 Å². The maximum Gasteiger partial charge on any atom is 0.239 e. The number of hydrogen-bond donors (Lipinski definition) is 1. The number of carbonyl (C=O) groups excluding carboxylic acids is 1. The van der Waals surface area contributed by atoms with Crippen LogP contribution >= 0.6 is 11.6 Å². The van der Waals surface area contributed by atoms with E-state index in [1.807, 2.05) is 0 Å². The molecule has 0 unspecified atom stereocenters. The van der Waals surface area contributed by atoms with Crippen molar-refractivity contribution in [3.05, 3.63) is 59.1 Å². The van der Waals surface area contributed by atoms with Gasteiger partial charge < -0.3 is 10.1 Å². The lowest BCUT2D eigenvalue weighted by atomic mass is 10.2. The fourth-order valence-electron chi connectivity index (χ4n) is 1.96. The van der Waals surface area contributed by atoms with Crippen molar-refractivity contribution in [1.82, 2.24) is 0 Å². The quantitative estimate of drug-likeness (QED) is 0.866. The van der Waals surface area contributed by atoms with Crippen LogP contribution in [-0.4, -0.2) is 27.2 Å². The predicted octanol–water partition coefficient (Wildman–Crippen LogP) is 2.90. The second-order valence-electron chi connectivity index (χ2n) is 4.94. The van der Waals surface area contributed by atoms with Crippen molar-refractivity contribution in [3.63, 3.8) is 0 Å². The van der Waals surface area contributed by atoms with E-state index in [1.165, 1.54) is 7.11 Å². The van der Waals surface area contributed by atoms with E-state index in [9.17, 15) is 13.2 Å². The summed E-state index contributed by atoms with van der Waals surface area (Å²) in [4.78, 5) is 11.9. The summed E-state index contributed by atoms with van der Waals surface area (Å²) in [6.45, 7) is 0. The molecule has 0 spiro atoms. The molecule has 2 rings (SSSR count). The molecule has 2 aromatic carbocycles. The van der Waals surface area contributed by atoms with Gasteiger partial charge in [0.1, 0.15) is 11.5 Å². The molecule has 1 N–H and O–H groups in total. The third kappa shape index (κ3) is 5.58. The van der Waals surface area contributed by atoms with Crippen molar-refractivity contribution in [2.45, 2.75) is 5.75 Å². The summed E-state index contributed by atoms with van der Waals surface area (Å²) in [7, 11) is -2.02. The predicted molar refractivity (Wildman–Crippen MR) is 90.6 cm³/mol. The Morgan fingerprint density at radius 2 is 1.70 bits per heavy atom. The van der Waals surface area contributed by atoms with Gasteiger partial charge in [-0.3, -0.25) is 4.79 Å². The summed E-state index contributed by atoms with van der Waals surface area (Å²) >= 11 is 5.76. The van der Waals surface area contributed by atoms with E-state index in [0.29, 0.717) is 22.0 Å². The molecule has 0 aliphatic rings. The van der Waals surface area contributed by atoms with Crippen LogP contribution in [0.4, 0.5) is 5.69 Å². The molecule has 1 amide bonds. The minimum atomic E-state index is -3.56. The van der Waals surface area contributed by atoms with Gasteiger partial charge in [-0.2, -0.15) is 0 Å². The Hall–Kier alpha value is -2.05. The summed E-state index contributed by atoms with van der Waals surface area (Å²) in [6, 6.07) is 13.1. The number of methoxy groups -OCH3 is 1. The van der Waals surface area contributed by atoms with E-state index < -0.39 is 21.5 Å². The van der Waals surface area contributed by atoms with Gasteiger partial charge in [0.2, 0.25) is 5.91 Å². The van der Waals surface area contributed by atoms with Crippen molar-refractivity contribution in [2.75, 3.05) is 18.2 Å². The summed E-state index contributed by atoms with van der Waals surface area (Å²) < 4.78 is 29.2. The Labute approximate surface area is 140 Å². The zero-order valence-electron chi connectivity index (χ0n) is 12.5. The number of rotatable bonds is 6. The third-order valence-corrected chi connectivity index (χ3v) is 4.75. The van der Waals surface area contributed by atoms with Crippen LogP contribution in [0.5, 0.6) is 5.75 Å². The molecule has 23 heavy (non-hydrogen) atoms. The van der Waals surface area contributed by atoms with Gasteiger partial charge in [0.15, 0.2) is 9.84 Å². The molecule has 0 aromatic heterocycles. The van der Waals surface area contributed by atoms with Crippen LogP contribution in [0.15, 0.2) is 48.5 Å². The van der Waals surface area contributed by atoms with Crippen molar-refractivity contribution in [1.29, 1.82) is 0 Å². The lowest BCUT2D eigenvalue weighted by Crippen LogP contribution is -2.23. The highest BCUT2D eigenvalue weighted by Crippen LogP contribution is 2.16. The molecule has 2 aromatic rings. The Morgan fingerprint density at radius 3 is 2.26 bits per heavy atom. The van der Waals surface area contributed by atoms with E-state index in [1.54, 1.807) is 48.5 Å². The van der Waals surface area contributed by atoms with E-state index in [2.05, 4.69) is 5.32 Å². The maximum atomic E-state index is 12.1. The minimum absolute atomic E-state index is 0.208. The fourth-order valence-corrected chi connectivity index (χ4v) is 3.36. The SMILES string of the molecule is COc1ccc(NC(=O)CS(=O)(=O)Cc2ccc(Cl)cc2)cc1. The average Bonchev–Trinajstić information content (AvgIpc) is 2.49. The molecule has 0 fully saturated rings. The Morgan fingerprint density at radius 1 is 1.09 bits per heavy atom. The molecule has 7 heteroatoms. The van der Waals surface area contributed by atoms with Crippen molar-refractivity contribution in [3.8, 4) is 5.75 Å². The van der Waals surface area contributed by atoms with Gasteiger partial charge in [0.05, 0.1) is 12.9 Å². The molecule has 0 bridgehead atoms. The first-order valence-electron chi connectivity index (χ1n) is 6.77. The summed E-state index contributed by atoms with van der Waals surface area (Å²) in [6.07, 6.45) is 0. The highest BCUT2D eigenvalue weighted by atomic mass is 35.5. The van der Waals surface area contributed by atoms with Crippen LogP contribution in [-0.2, 0) is 20.4 Å². The Kier molecular flexibility index (Phi) is 5.63. The normalized spacial score (nSPS) is 11.0. The summed E-state index contributed by atoms with van der Waals surface area (Å²) in [5, 5.41) is 3.08. The second-order valence-corrected chi connectivity index (χ2v) is 7.44. The first-order chi connectivity index (χ1) is 10.9. The first-order valence-corrected chi connectivity index (χ1v) is 8.97. The van der Waals surface area contributed by atoms with Gasteiger partial charge in [-0.1, -0.05) is 23.7 Å². The highest BCUT2D eigenvalue weighted by molar-refractivity contribution is 7.91. The van der Waals surface area contributed by atoms with Crippen LogP contribution < -0.4 is 10.1 Å². The van der Waals surface area contributed by atoms with Crippen LogP contribution in [0, 0.1) is 0 Å². The van der Waals surface area contributed by atoms with E-state index in [0.717, 1.165) is 0 Å². The number of hydrogen-bond acceptors (Lipinski definition) is 4. The fraction of sp³-hybridized carbons (Fsp3) is 0.188. The number of carbonyl (C=O) groups is 1. The number of sulfone groups is 1. The van der Waals surface area contributed by atoms with Gasteiger partial charge in [0, 0.05) is 10.7 Å². The largest absolute Gasteiger partial charge is 0.497 e. The Bertz CT molecular complexity index is 771. The van der Waals surface area contributed by atoms with Crippen LogP contribution in [0.25, 0.3) is 0 Å².